The molecule has 2 N–H and O–H groups in total. The highest BCUT2D eigenvalue weighted by Gasteiger charge is 2.41. The maximum absolute atomic E-state index is 13.2. The van der Waals surface area contributed by atoms with E-state index in [2.05, 4.69) is 15.6 Å². The number of aliphatic imine (C=N–C) groups is 1. The van der Waals surface area contributed by atoms with E-state index in [1.807, 2.05) is 11.8 Å². The number of nitrogens with zero attached hydrogens (tertiary/aromatic N) is 3. The van der Waals surface area contributed by atoms with Gasteiger partial charge < -0.3 is 15.5 Å². The van der Waals surface area contributed by atoms with E-state index in [4.69, 9.17) is 0 Å². The molecule has 2 rings (SSSR count). The number of nitrogens with one attached hydrogen (secondary N) is 2. The number of piperazine rings is 1. The molecule has 0 bridgehead atoms. The Bertz CT molecular complexity index is 717. The fourth-order valence-corrected chi connectivity index (χ4v) is 3.21. The van der Waals surface area contributed by atoms with Gasteiger partial charge in [0.2, 0.25) is 5.91 Å². The molecule has 0 spiro atoms. The number of carbonyl (C=O) groups excluding carboxylic acids is 1. The lowest BCUT2D eigenvalue weighted by Crippen LogP contribution is -2.56. The summed E-state index contributed by atoms with van der Waals surface area (Å²) in [4.78, 5) is 19.8. The van der Waals surface area contributed by atoms with Crippen molar-refractivity contribution in [3.05, 3.63) is 35.6 Å². The summed E-state index contributed by atoms with van der Waals surface area (Å²) in [6.45, 7) is 5.86. The number of rotatable bonds is 7. The molecule has 0 saturated carbocycles. The summed E-state index contributed by atoms with van der Waals surface area (Å²) in [5, 5.41) is 5.88. The quantitative estimate of drug-likeness (QED) is 0.300. The molecule has 1 unspecified atom stereocenters. The minimum atomic E-state index is -4.23. The van der Waals surface area contributed by atoms with Crippen LogP contribution in [-0.4, -0.2) is 79.7 Å². The second-order valence-electron chi connectivity index (χ2n) is 7.13. The van der Waals surface area contributed by atoms with Crippen LogP contribution in [0.3, 0.4) is 0 Å². The predicted octanol–water partition coefficient (Wildman–Crippen LogP) is 2.02. The summed E-state index contributed by atoms with van der Waals surface area (Å²) >= 11 is 0. The molecule has 1 atom stereocenters. The second-order valence-corrected chi connectivity index (χ2v) is 7.13. The molecule has 0 radical (unpaired) electrons. The molecular weight excluding hydrogens is 402 g/mol. The number of hydrogen-bond donors (Lipinski definition) is 2. The average molecular weight is 431 g/mol. The zero-order valence-corrected chi connectivity index (χ0v) is 17.3. The number of amides is 1. The monoisotopic (exact) mass is 431 g/mol. The van der Waals surface area contributed by atoms with E-state index < -0.39 is 12.2 Å². The summed E-state index contributed by atoms with van der Waals surface area (Å²) in [5.74, 6) is 0.0108. The maximum atomic E-state index is 13.2. The van der Waals surface area contributed by atoms with Gasteiger partial charge in [-0.05, 0) is 31.5 Å². The van der Waals surface area contributed by atoms with Crippen LogP contribution < -0.4 is 10.6 Å². The smallest absolute Gasteiger partial charge is 0.357 e. The van der Waals surface area contributed by atoms with Crippen molar-refractivity contribution >= 4 is 11.9 Å². The third-order valence-corrected chi connectivity index (χ3v) is 4.92. The molecule has 1 heterocycles. The van der Waals surface area contributed by atoms with E-state index in [1.54, 1.807) is 12.1 Å². The first-order valence-corrected chi connectivity index (χ1v) is 10.1. The molecular formula is C20H29F4N5O. The van der Waals surface area contributed by atoms with E-state index in [0.29, 0.717) is 57.3 Å². The molecule has 30 heavy (non-hydrogen) atoms. The topological polar surface area (TPSA) is 60.0 Å². The van der Waals surface area contributed by atoms with Crippen LogP contribution in [0.25, 0.3) is 0 Å². The van der Waals surface area contributed by atoms with Crippen LogP contribution in [-0.2, 0) is 11.2 Å². The summed E-state index contributed by atoms with van der Waals surface area (Å²) in [7, 11) is 0. The number of guanidine groups is 1. The van der Waals surface area contributed by atoms with Crippen molar-refractivity contribution in [3.63, 3.8) is 0 Å². The number of alkyl halides is 3. The number of hydrogen-bond acceptors (Lipinski definition) is 3. The van der Waals surface area contributed by atoms with Crippen LogP contribution in [0.4, 0.5) is 17.6 Å². The molecule has 1 aromatic rings. The molecule has 0 aromatic heterocycles. The van der Waals surface area contributed by atoms with Gasteiger partial charge >= 0.3 is 6.18 Å². The number of halogens is 4. The lowest BCUT2D eigenvalue weighted by atomic mass is 10.1. The third kappa shape index (κ3) is 7.47. The molecule has 6 nitrogen and oxygen atoms in total. The van der Waals surface area contributed by atoms with Crippen LogP contribution in [0.5, 0.6) is 0 Å². The van der Waals surface area contributed by atoms with Gasteiger partial charge in [-0.25, -0.2) is 4.39 Å². The van der Waals surface area contributed by atoms with Gasteiger partial charge in [0.05, 0.1) is 13.0 Å². The van der Waals surface area contributed by atoms with E-state index in [9.17, 15) is 22.4 Å². The molecule has 1 amide bonds. The lowest BCUT2D eigenvalue weighted by molar-refractivity contribution is -0.181. The Morgan fingerprint density at radius 3 is 2.50 bits per heavy atom. The first kappa shape index (κ1) is 23.9. The third-order valence-electron chi connectivity index (χ3n) is 4.92. The largest absolute Gasteiger partial charge is 0.403 e. The molecule has 1 aromatic carbocycles. The Labute approximate surface area is 174 Å². The van der Waals surface area contributed by atoms with Gasteiger partial charge in [0, 0.05) is 39.3 Å². The van der Waals surface area contributed by atoms with E-state index in [1.165, 1.54) is 24.0 Å². The second kappa shape index (κ2) is 11.1. The van der Waals surface area contributed by atoms with Gasteiger partial charge in [-0.3, -0.25) is 14.7 Å². The highest BCUT2D eigenvalue weighted by atomic mass is 19.4. The predicted molar refractivity (Wildman–Crippen MR) is 108 cm³/mol. The van der Waals surface area contributed by atoms with Gasteiger partial charge in [-0.1, -0.05) is 12.1 Å². The number of carbonyl (C=O) groups is 1. The first-order chi connectivity index (χ1) is 14.2. The van der Waals surface area contributed by atoms with Crippen LogP contribution in [0.15, 0.2) is 29.3 Å². The minimum Gasteiger partial charge on any atom is -0.357 e. The van der Waals surface area contributed by atoms with E-state index in [0.717, 1.165) is 0 Å². The van der Waals surface area contributed by atoms with Gasteiger partial charge in [-0.15, -0.1) is 0 Å². The highest BCUT2D eigenvalue weighted by Crippen LogP contribution is 2.25. The standard InChI is InChI=1S/C20H29F4N5O/c1-3-25-19(29-11-9-28(10-12-29)15(2)20(22,23)24)27-8-7-26-18(30)14-16-5-4-6-17(21)13-16/h4-6,13,15H,3,7-12,14H2,1-2H3,(H,25,27)(H,26,30). The molecule has 168 valence electrons. The maximum Gasteiger partial charge on any atom is 0.403 e. The van der Waals surface area contributed by atoms with Crippen LogP contribution in [0, 0.1) is 5.82 Å². The SMILES string of the molecule is CCNC(=NCCNC(=O)Cc1cccc(F)c1)N1CCN(C(C)C(F)(F)F)CC1. The van der Waals surface area contributed by atoms with Crippen LogP contribution in [0.1, 0.15) is 19.4 Å². The summed E-state index contributed by atoms with van der Waals surface area (Å²) in [6.07, 6.45) is -4.15. The number of benzene rings is 1. The van der Waals surface area contributed by atoms with E-state index >= 15 is 0 Å². The van der Waals surface area contributed by atoms with Gasteiger partial charge in [0.1, 0.15) is 11.9 Å². The highest BCUT2D eigenvalue weighted by molar-refractivity contribution is 5.80. The Hall–Kier alpha value is -2.36. The molecule has 1 aliphatic rings. The van der Waals surface area contributed by atoms with Crippen LogP contribution >= 0.6 is 0 Å². The van der Waals surface area contributed by atoms with Crippen LogP contribution in [0.2, 0.25) is 0 Å². The van der Waals surface area contributed by atoms with Crippen molar-refractivity contribution in [2.45, 2.75) is 32.5 Å². The Balaban J connectivity index is 1.80. The van der Waals surface area contributed by atoms with Crippen molar-refractivity contribution in [1.29, 1.82) is 0 Å². The van der Waals surface area contributed by atoms with Crippen molar-refractivity contribution in [2.24, 2.45) is 4.99 Å². The lowest BCUT2D eigenvalue weighted by Gasteiger charge is -2.39. The van der Waals surface area contributed by atoms with Gasteiger partial charge in [0.25, 0.3) is 0 Å². The van der Waals surface area contributed by atoms with Gasteiger partial charge in [-0.2, -0.15) is 13.2 Å². The summed E-state index contributed by atoms with van der Waals surface area (Å²) < 4.78 is 51.9. The molecule has 1 fully saturated rings. The van der Waals surface area contributed by atoms with Crippen molar-refractivity contribution in [1.82, 2.24) is 20.4 Å². The Morgan fingerprint density at radius 2 is 1.90 bits per heavy atom. The Morgan fingerprint density at radius 1 is 1.20 bits per heavy atom. The molecule has 10 heteroatoms. The molecule has 1 saturated heterocycles. The zero-order valence-electron chi connectivity index (χ0n) is 17.3. The fraction of sp³-hybridized carbons (Fsp3) is 0.600. The normalized spacial score (nSPS) is 17.0. The van der Waals surface area contributed by atoms with Crippen molar-refractivity contribution in [3.8, 4) is 0 Å². The molecule has 1 aliphatic heterocycles. The van der Waals surface area contributed by atoms with Crippen molar-refractivity contribution < 1.29 is 22.4 Å². The average Bonchev–Trinajstić information content (AvgIpc) is 2.69. The van der Waals surface area contributed by atoms with Crippen molar-refractivity contribution in [2.75, 3.05) is 45.8 Å². The summed E-state index contributed by atoms with van der Waals surface area (Å²) in [6, 6.07) is 4.42. The first-order valence-electron chi connectivity index (χ1n) is 10.1. The van der Waals surface area contributed by atoms with E-state index in [-0.39, 0.29) is 18.1 Å². The fourth-order valence-electron chi connectivity index (χ4n) is 3.21. The minimum absolute atomic E-state index is 0.0842. The summed E-state index contributed by atoms with van der Waals surface area (Å²) in [5.41, 5.74) is 0.593. The van der Waals surface area contributed by atoms with Gasteiger partial charge in [0.15, 0.2) is 5.96 Å². The zero-order chi connectivity index (χ0) is 22.1. The Kier molecular flexibility index (Phi) is 8.88. The molecule has 0 aliphatic carbocycles.